The van der Waals surface area contributed by atoms with Crippen LogP contribution in [0.4, 0.5) is 5.95 Å². The number of anilines is 1. The van der Waals surface area contributed by atoms with Gasteiger partial charge in [0.25, 0.3) is 0 Å². The standard InChI is InChI=1S/C9H8N4S/c10-9-12-6-4-8(13-9)14-7-3-1-2-5-11-7/h1-6H,(H2,10,12,13). The van der Waals surface area contributed by atoms with Gasteiger partial charge in [0.15, 0.2) is 0 Å². The fraction of sp³-hybridized carbons (Fsp3) is 0. The highest BCUT2D eigenvalue weighted by atomic mass is 32.2. The molecule has 5 heteroatoms. The lowest BCUT2D eigenvalue weighted by atomic mass is 10.5. The molecule has 2 aromatic rings. The lowest BCUT2D eigenvalue weighted by molar-refractivity contribution is 1.05. The summed E-state index contributed by atoms with van der Waals surface area (Å²) in [7, 11) is 0. The zero-order valence-electron chi connectivity index (χ0n) is 7.29. The van der Waals surface area contributed by atoms with Crippen molar-refractivity contribution in [3.63, 3.8) is 0 Å². The number of pyridine rings is 1. The number of hydrogen-bond donors (Lipinski definition) is 1. The molecule has 0 aliphatic heterocycles. The highest BCUT2D eigenvalue weighted by Gasteiger charge is 1.99. The first-order valence-electron chi connectivity index (χ1n) is 4.02. The molecule has 0 aliphatic carbocycles. The van der Waals surface area contributed by atoms with E-state index in [0.717, 1.165) is 10.1 Å². The molecule has 0 radical (unpaired) electrons. The van der Waals surface area contributed by atoms with Crippen molar-refractivity contribution in [2.45, 2.75) is 10.1 Å². The van der Waals surface area contributed by atoms with Gasteiger partial charge in [-0.05, 0) is 30.0 Å². The quantitative estimate of drug-likeness (QED) is 0.753. The van der Waals surface area contributed by atoms with Crippen LogP contribution in [0.5, 0.6) is 0 Å². The van der Waals surface area contributed by atoms with E-state index in [1.807, 2.05) is 18.2 Å². The van der Waals surface area contributed by atoms with Gasteiger partial charge in [-0.15, -0.1) is 0 Å². The topological polar surface area (TPSA) is 64.7 Å². The minimum atomic E-state index is 0.283. The van der Waals surface area contributed by atoms with Gasteiger partial charge in [0, 0.05) is 12.4 Å². The van der Waals surface area contributed by atoms with Crippen molar-refractivity contribution in [3.8, 4) is 0 Å². The zero-order valence-corrected chi connectivity index (χ0v) is 8.11. The molecule has 2 rings (SSSR count). The predicted molar refractivity (Wildman–Crippen MR) is 54.8 cm³/mol. The van der Waals surface area contributed by atoms with Crippen LogP contribution in [-0.4, -0.2) is 15.0 Å². The van der Waals surface area contributed by atoms with E-state index in [-0.39, 0.29) is 5.95 Å². The second kappa shape index (κ2) is 4.06. The summed E-state index contributed by atoms with van der Waals surface area (Å²) in [5.41, 5.74) is 5.46. The molecular formula is C9H8N4S. The van der Waals surface area contributed by atoms with Crippen LogP contribution in [-0.2, 0) is 0 Å². The average Bonchev–Trinajstić information content (AvgIpc) is 2.19. The Balaban J connectivity index is 2.19. The molecule has 0 aliphatic rings. The summed E-state index contributed by atoms with van der Waals surface area (Å²) in [6.07, 6.45) is 3.38. The van der Waals surface area contributed by atoms with Crippen molar-refractivity contribution in [2.24, 2.45) is 0 Å². The lowest BCUT2D eigenvalue weighted by Crippen LogP contribution is -1.94. The van der Waals surface area contributed by atoms with E-state index in [9.17, 15) is 0 Å². The Morgan fingerprint density at radius 2 is 1.93 bits per heavy atom. The van der Waals surface area contributed by atoms with Crippen LogP contribution in [0.2, 0.25) is 0 Å². The van der Waals surface area contributed by atoms with Gasteiger partial charge in [-0.1, -0.05) is 6.07 Å². The SMILES string of the molecule is Nc1nccc(Sc2ccccn2)n1. The van der Waals surface area contributed by atoms with Gasteiger partial charge in [-0.25, -0.2) is 15.0 Å². The van der Waals surface area contributed by atoms with Crippen LogP contribution in [0.3, 0.4) is 0 Å². The molecule has 2 N–H and O–H groups in total. The second-order valence-corrected chi connectivity index (χ2v) is 3.56. The molecule has 4 nitrogen and oxygen atoms in total. The maximum absolute atomic E-state index is 5.46. The first-order valence-corrected chi connectivity index (χ1v) is 4.83. The van der Waals surface area contributed by atoms with Gasteiger partial charge in [-0.2, -0.15) is 0 Å². The van der Waals surface area contributed by atoms with Gasteiger partial charge >= 0.3 is 0 Å². The fourth-order valence-electron chi connectivity index (χ4n) is 0.928. The molecule has 0 unspecified atom stereocenters. The molecule has 0 amide bonds. The van der Waals surface area contributed by atoms with Crippen molar-refractivity contribution in [1.29, 1.82) is 0 Å². The van der Waals surface area contributed by atoms with Crippen LogP contribution in [0.15, 0.2) is 46.7 Å². The van der Waals surface area contributed by atoms with Crippen molar-refractivity contribution >= 4 is 17.7 Å². The molecule has 0 aromatic carbocycles. The van der Waals surface area contributed by atoms with Crippen molar-refractivity contribution < 1.29 is 0 Å². The van der Waals surface area contributed by atoms with Crippen molar-refractivity contribution in [1.82, 2.24) is 15.0 Å². The first-order chi connectivity index (χ1) is 6.84. The van der Waals surface area contributed by atoms with Crippen LogP contribution in [0.25, 0.3) is 0 Å². The summed E-state index contributed by atoms with van der Waals surface area (Å²) in [5, 5.41) is 1.70. The Morgan fingerprint density at radius 1 is 1.00 bits per heavy atom. The van der Waals surface area contributed by atoms with Gasteiger partial charge in [0.05, 0.1) is 0 Å². The Hall–Kier alpha value is -1.62. The third kappa shape index (κ3) is 2.20. The Kier molecular flexibility index (Phi) is 2.60. The van der Waals surface area contributed by atoms with Crippen LogP contribution >= 0.6 is 11.8 Å². The summed E-state index contributed by atoms with van der Waals surface area (Å²) in [4.78, 5) is 12.0. The molecule has 70 valence electrons. The summed E-state index contributed by atoms with van der Waals surface area (Å²) < 4.78 is 0. The summed E-state index contributed by atoms with van der Waals surface area (Å²) in [6.45, 7) is 0. The minimum Gasteiger partial charge on any atom is -0.368 e. The minimum absolute atomic E-state index is 0.283. The van der Waals surface area contributed by atoms with E-state index in [1.54, 1.807) is 18.5 Å². The molecule has 0 bridgehead atoms. The van der Waals surface area contributed by atoms with Crippen LogP contribution < -0.4 is 5.73 Å². The van der Waals surface area contributed by atoms with Crippen LogP contribution in [0.1, 0.15) is 0 Å². The maximum atomic E-state index is 5.46. The fourth-order valence-corrected chi connectivity index (χ4v) is 1.67. The van der Waals surface area contributed by atoms with Crippen LogP contribution in [0, 0.1) is 0 Å². The maximum Gasteiger partial charge on any atom is 0.221 e. The molecule has 2 aromatic heterocycles. The van der Waals surface area contributed by atoms with E-state index in [4.69, 9.17) is 5.73 Å². The van der Waals surface area contributed by atoms with E-state index in [1.165, 1.54) is 11.8 Å². The number of nitrogens with zero attached hydrogens (tertiary/aromatic N) is 3. The summed E-state index contributed by atoms with van der Waals surface area (Å²) in [5.74, 6) is 0.283. The zero-order chi connectivity index (χ0) is 9.80. The monoisotopic (exact) mass is 204 g/mol. The third-order valence-electron chi connectivity index (χ3n) is 1.50. The molecule has 0 atom stereocenters. The molecular weight excluding hydrogens is 196 g/mol. The summed E-state index contributed by atoms with van der Waals surface area (Å²) in [6, 6.07) is 7.52. The number of rotatable bonds is 2. The molecule has 14 heavy (non-hydrogen) atoms. The summed E-state index contributed by atoms with van der Waals surface area (Å²) >= 11 is 1.46. The van der Waals surface area contributed by atoms with Gasteiger partial charge in [0.2, 0.25) is 5.95 Å². The number of hydrogen-bond acceptors (Lipinski definition) is 5. The van der Waals surface area contributed by atoms with Gasteiger partial charge in [0.1, 0.15) is 10.1 Å². The normalized spacial score (nSPS) is 10.0. The van der Waals surface area contributed by atoms with Gasteiger partial charge < -0.3 is 5.73 Å². The first kappa shape index (κ1) is 8.96. The smallest absolute Gasteiger partial charge is 0.221 e. The third-order valence-corrected chi connectivity index (χ3v) is 2.38. The number of nitrogen functional groups attached to an aromatic ring is 1. The lowest BCUT2D eigenvalue weighted by Gasteiger charge is -1.99. The van der Waals surface area contributed by atoms with E-state index in [2.05, 4.69) is 15.0 Å². The Labute approximate surface area is 85.6 Å². The highest BCUT2D eigenvalue weighted by molar-refractivity contribution is 7.99. The molecule has 0 saturated carbocycles. The largest absolute Gasteiger partial charge is 0.368 e. The average molecular weight is 204 g/mol. The van der Waals surface area contributed by atoms with E-state index >= 15 is 0 Å². The number of aromatic nitrogens is 3. The Morgan fingerprint density at radius 3 is 2.64 bits per heavy atom. The molecule has 0 spiro atoms. The van der Waals surface area contributed by atoms with Gasteiger partial charge in [-0.3, -0.25) is 0 Å². The molecule has 0 saturated heterocycles. The number of nitrogens with two attached hydrogens (primary N) is 1. The predicted octanol–water partition coefficient (Wildman–Crippen LogP) is 1.60. The van der Waals surface area contributed by atoms with Crippen molar-refractivity contribution in [3.05, 3.63) is 36.7 Å². The van der Waals surface area contributed by atoms with Crippen molar-refractivity contribution in [2.75, 3.05) is 5.73 Å². The molecule has 0 fully saturated rings. The molecule has 2 heterocycles. The van der Waals surface area contributed by atoms with E-state index < -0.39 is 0 Å². The second-order valence-electron chi connectivity index (χ2n) is 2.52. The Bertz CT molecular complexity index is 418. The van der Waals surface area contributed by atoms with E-state index in [0.29, 0.717) is 0 Å². The highest BCUT2D eigenvalue weighted by Crippen LogP contribution is 2.23.